The third-order valence-electron chi connectivity index (χ3n) is 5.25. The number of esters is 1. The molecule has 0 saturated carbocycles. The van der Waals surface area contributed by atoms with Gasteiger partial charge >= 0.3 is 5.97 Å². The summed E-state index contributed by atoms with van der Waals surface area (Å²) in [7, 11) is 1.35. The third kappa shape index (κ3) is 4.71. The van der Waals surface area contributed by atoms with Gasteiger partial charge < -0.3 is 14.2 Å². The van der Waals surface area contributed by atoms with E-state index in [4.69, 9.17) is 14.2 Å². The van der Waals surface area contributed by atoms with Gasteiger partial charge in [-0.05, 0) is 49.7 Å². The Labute approximate surface area is 199 Å². The number of fused-ring (bicyclic) bond motifs is 1. The van der Waals surface area contributed by atoms with Gasteiger partial charge in [-0.15, -0.1) is 0 Å². The van der Waals surface area contributed by atoms with Gasteiger partial charge in [-0.3, -0.25) is 0 Å². The molecular weight excluding hydrogens is 428 g/mol. The monoisotopic (exact) mass is 454 g/mol. The molecule has 1 aliphatic heterocycles. The maximum absolute atomic E-state index is 12.9. The number of hydrogen-bond acceptors (Lipinski definition) is 6. The number of ether oxygens (including phenoxy) is 3. The molecular formula is C28H26N2O4. The van der Waals surface area contributed by atoms with Gasteiger partial charge in [0.05, 0.1) is 12.8 Å². The number of hydrogen-bond donors (Lipinski definition) is 0. The van der Waals surface area contributed by atoms with Gasteiger partial charge in [0, 0.05) is 17.3 Å². The van der Waals surface area contributed by atoms with Gasteiger partial charge in [-0.2, -0.15) is 5.10 Å². The quantitative estimate of drug-likeness (QED) is 0.313. The molecule has 0 amide bonds. The van der Waals surface area contributed by atoms with Crippen LogP contribution >= 0.6 is 0 Å². The summed E-state index contributed by atoms with van der Waals surface area (Å²) < 4.78 is 17.4. The fourth-order valence-electron chi connectivity index (χ4n) is 3.74. The highest BCUT2D eigenvalue weighted by Crippen LogP contribution is 2.42. The number of nitrogens with zero attached hydrogens (tertiary/aromatic N) is 2. The first-order chi connectivity index (χ1) is 16.7. The molecule has 3 aromatic carbocycles. The molecule has 0 radical (unpaired) electrons. The maximum Gasteiger partial charge on any atom is 0.360 e. The van der Waals surface area contributed by atoms with Crippen LogP contribution in [-0.2, 0) is 20.9 Å². The molecule has 1 heterocycles. The summed E-state index contributed by atoms with van der Waals surface area (Å²) in [5.74, 6) is 1.25. The molecule has 0 spiro atoms. The standard InChI is InChI=1S/C28H26N2O4/c1-4-25-24-18-22(34-21-14-10-7-11-15-21)16-17-23(24)27(33-19-20-12-8-6-9-13-20)26(28(31)32-3)30(25)29-5-2/h4-18H,19H2,1-3H3/b25-4+,29-5-. The molecule has 0 aliphatic carbocycles. The molecule has 3 aromatic rings. The number of allylic oxidation sites excluding steroid dienone is 1. The highest BCUT2D eigenvalue weighted by molar-refractivity contribution is 6.01. The Morgan fingerprint density at radius 1 is 0.912 bits per heavy atom. The largest absolute Gasteiger partial charge is 0.486 e. The predicted octanol–water partition coefficient (Wildman–Crippen LogP) is 6.22. The molecule has 0 N–H and O–H groups in total. The Hall–Kier alpha value is -4.32. The van der Waals surface area contributed by atoms with Crippen LogP contribution in [0.15, 0.2) is 95.7 Å². The summed E-state index contributed by atoms with van der Waals surface area (Å²) in [6.07, 6.45) is 3.52. The van der Waals surface area contributed by atoms with E-state index >= 15 is 0 Å². The van der Waals surface area contributed by atoms with E-state index in [1.54, 1.807) is 18.1 Å². The van der Waals surface area contributed by atoms with Gasteiger partial charge in [-0.25, -0.2) is 9.80 Å². The van der Waals surface area contributed by atoms with E-state index in [0.29, 0.717) is 11.5 Å². The Morgan fingerprint density at radius 3 is 2.26 bits per heavy atom. The minimum Gasteiger partial charge on any atom is -0.486 e. The van der Waals surface area contributed by atoms with Crippen molar-refractivity contribution < 1.29 is 19.0 Å². The van der Waals surface area contributed by atoms with Crippen molar-refractivity contribution in [2.45, 2.75) is 20.5 Å². The first-order valence-corrected chi connectivity index (χ1v) is 11.0. The first-order valence-electron chi connectivity index (χ1n) is 11.0. The minimum absolute atomic E-state index is 0.217. The Balaban J connectivity index is 1.83. The molecule has 0 bridgehead atoms. The van der Waals surface area contributed by atoms with Crippen LogP contribution in [0, 0.1) is 0 Å². The summed E-state index contributed by atoms with van der Waals surface area (Å²) >= 11 is 0. The van der Waals surface area contributed by atoms with Crippen LogP contribution in [0.25, 0.3) is 11.5 Å². The lowest BCUT2D eigenvalue weighted by Gasteiger charge is -2.32. The summed E-state index contributed by atoms with van der Waals surface area (Å²) in [6, 6.07) is 25.0. The predicted molar refractivity (Wildman–Crippen MR) is 133 cm³/mol. The zero-order valence-corrected chi connectivity index (χ0v) is 19.4. The lowest BCUT2D eigenvalue weighted by molar-refractivity contribution is -0.137. The molecule has 4 rings (SSSR count). The van der Waals surface area contributed by atoms with E-state index in [9.17, 15) is 4.79 Å². The van der Waals surface area contributed by atoms with Crippen molar-refractivity contribution in [3.8, 4) is 11.5 Å². The molecule has 0 unspecified atom stereocenters. The van der Waals surface area contributed by atoms with Crippen molar-refractivity contribution in [2.75, 3.05) is 7.11 Å². The van der Waals surface area contributed by atoms with E-state index in [0.717, 1.165) is 28.1 Å². The van der Waals surface area contributed by atoms with Gasteiger partial charge in [0.2, 0.25) is 0 Å². The molecule has 1 aliphatic rings. The van der Waals surface area contributed by atoms with E-state index in [2.05, 4.69) is 5.10 Å². The summed E-state index contributed by atoms with van der Waals surface area (Å²) in [5, 5.41) is 6.02. The maximum atomic E-state index is 12.9. The third-order valence-corrected chi connectivity index (χ3v) is 5.25. The second kappa shape index (κ2) is 10.5. The van der Waals surface area contributed by atoms with Gasteiger partial charge in [0.25, 0.3) is 0 Å². The molecule has 0 atom stereocenters. The highest BCUT2D eigenvalue weighted by atomic mass is 16.5. The summed E-state index contributed by atoms with van der Waals surface area (Å²) in [4.78, 5) is 12.9. The fourth-order valence-corrected chi connectivity index (χ4v) is 3.74. The number of benzene rings is 3. The van der Waals surface area contributed by atoms with Crippen molar-refractivity contribution in [2.24, 2.45) is 5.10 Å². The van der Waals surface area contributed by atoms with Gasteiger partial charge in [-0.1, -0.05) is 54.6 Å². The molecule has 172 valence electrons. The van der Waals surface area contributed by atoms with Crippen LogP contribution in [0.4, 0.5) is 0 Å². The lowest BCUT2D eigenvalue weighted by Crippen LogP contribution is -2.29. The van der Waals surface area contributed by atoms with Crippen LogP contribution in [0.2, 0.25) is 0 Å². The molecule has 0 aromatic heterocycles. The average Bonchev–Trinajstić information content (AvgIpc) is 2.88. The first kappa shape index (κ1) is 22.9. The topological polar surface area (TPSA) is 60.4 Å². The Bertz CT molecular complexity index is 1250. The average molecular weight is 455 g/mol. The lowest BCUT2D eigenvalue weighted by atomic mass is 9.96. The SMILES string of the molecule is C/C=N\N1C(C(=O)OC)=C(OCc2ccccc2)c2ccc(Oc3ccccc3)cc2/C1=C\C. The normalized spacial score (nSPS) is 14.3. The smallest absolute Gasteiger partial charge is 0.360 e. The zero-order valence-electron chi connectivity index (χ0n) is 19.4. The Kier molecular flexibility index (Phi) is 7.08. The number of hydrazone groups is 1. The van der Waals surface area contributed by atoms with E-state index in [-0.39, 0.29) is 12.3 Å². The summed E-state index contributed by atoms with van der Waals surface area (Å²) in [5.41, 5.74) is 3.50. The van der Waals surface area contributed by atoms with Gasteiger partial charge in [0.1, 0.15) is 18.1 Å². The van der Waals surface area contributed by atoms with Crippen LogP contribution in [0.1, 0.15) is 30.5 Å². The number of carbonyl (C=O) groups is 1. The van der Waals surface area contributed by atoms with Crippen molar-refractivity contribution in [3.05, 3.63) is 107 Å². The van der Waals surface area contributed by atoms with E-state index < -0.39 is 5.97 Å². The van der Waals surface area contributed by atoms with Crippen molar-refractivity contribution in [1.29, 1.82) is 0 Å². The molecule has 6 nitrogen and oxygen atoms in total. The van der Waals surface area contributed by atoms with Crippen LogP contribution < -0.4 is 4.74 Å². The fraction of sp³-hybridized carbons (Fsp3) is 0.143. The van der Waals surface area contributed by atoms with Crippen molar-refractivity contribution in [3.63, 3.8) is 0 Å². The van der Waals surface area contributed by atoms with E-state index in [1.807, 2.05) is 91.9 Å². The number of methoxy groups -OCH3 is 1. The van der Waals surface area contributed by atoms with Crippen LogP contribution in [0.5, 0.6) is 11.5 Å². The molecule has 6 heteroatoms. The second-order valence-corrected chi connectivity index (χ2v) is 7.43. The van der Waals surface area contributed by atoms with Gasteiger partial charge in [0.15, 0.2) is 11.5 Å². The van der Waals surface area contributed by atoms with E-state index in [1.165, 1.54) is 7.11 Å². The Morgan fingerprint density at radius 2 is 1.62 bits per heavy atom. The highest BCUT2D eigenvalue weighted by Gasteiger charge is 2.35. The zero-order chi connectivity index (χ0) is 23.9. The van der Waals surface area contributed by atoms with Crippen molar-refractivity contribution in [1.82, 2.24) is 5.01 Å². The minimum atomic E-state index is -0.539. The number of para-hydroxylation sites is 1. The number of carbonyl (C=O) groups excluding carboxylic acids is 1. The molecule has 0 fully saturated rings. The molecule has 34 heavy (non-hydrogen) atoms. The second-order valence-electron chi connectivity index (χ2n) is 7.43. The van der Waals surface area contributed by atoms with Crippen molar-refractivity contribution >= 4 is 23.6 Å². The van der Waals surface area contributed by atoms with Crippen LogP contribution in [-0.4, -0.2) is 24.3 Å². The number of rotatable bonds is 7. The van der Waals surface area contributed by atoms with Crippen LogP contribution in [0.3, 0.4) is 0 Å². The summed E-state index contributed by atoms with van der Waals surface area (Å²) in [6.45, 7) is 3.97. The molecule has 0 saturated heterocycles.